The van der Waals surface area contributed by atoms with Crippen molar-refractivity contribution in [3.63, 3.8) is 0 Å². The smallest absolute Gasteiger partial charge is 0.270 e. The number of fused-ring (bicyclic) bond motifs is 2. The zero-order valence-corrected chi connectivity index (χ0v) is 18.5. The molecule has 2 aliphatic heterocycles. The van der Waals surface area contributed by atoms with Gasteiger partial charge in [-0.1, -0.05) is 23.7 Å². The highest BCUT2D eigenvalue weighted by Gasteiger charge is 2.31. The number of rotatable bonds is 3. The number of piperazine rings is 1. The lowest BCUT2D eigenvalue weighted by Crippen LogP contribution is -2.50. The predicted molar refractivity (Wildman–Crippen MR) is 120 cm³/mol. The zero-order chi connectivity index (χ0) is 21.6. The van der Waals surface area contributed by atoms with Crippen molar-refractivity contribution in [2.45, 2.75) is 17.9 Å². The fourth-order valence-electron chi connectivity index (χ4n) is 4.28. The first-order chi connectivity index (χ1) is 14.9. The molecular formula is C22H23ClN4O3S. The number of halogens is 1. The molecule has 0 aliphatic carbocycles. The Morgan fingerprint density at radius 2 is 1.71 bits per heavy atom. The minimum absolute atomic E-state index is 0.0750. The summed E-state index contributed by atoms with van der Waals surface area (Å²) in [6.07, 6.45) is 0.882. The van der Waals surface area contributed by atoms with Gasteiger partial charge in [0.1, 0.15) is 5.69 Å². The van der Waals surface area contributed by atoms with Crippen molar-refractivity contribution in [2.75, 3.05) is 32.7 Å². The number of nitrogens with zero attached hydrogens (tertiary/aromatic N) is 2. The standard InChI is InChI=1S/C22H23ClN4O3S/c23-18-3-1-16-12-19(4-2-15(16)11-18)31(29,30)27-9-7-26(8-10-27)22(28)21-13-17-14-24-6-5-20(17)25-21/h1-4,11-13,24-25H,5-10,14H2. The summed E-state index contributed by atoms with van der Waals surface area (Å²) in [6.45, 7) is 2.94. The number of aromatic nitrogens is 1. The fraction of sp³-hybridized carbons (Fsp3) is 0.318. The first-order valence-corrected chi connectivity index (χ1v) is 12.1. The number of nitrogens with one attached hydrogen (secondary N) is 2. The summed E-state index contributed by atoms with van der Waals surface area (Å²) in [5.41, 5.74) is 2.83. The molecule has 0 unspecified atom stereocenters. The first-order valence-electron chi connectivity index (χ1n) is 10.3. The molecule has 1 fully saturated rings. The predicted octanol–water partition coefficient (Wildman–Crippen LogP) is 2.61. The number of H-pyrrole nitrogens is 1. The van der Waals surface area contributed by atoms with Gasteiger partial charge in [0.15, 0.2) is 0 Å². The Morgan fingerprint density at radius 1 is 0.968 bits per heavy atom. The Hall–Kier alpha value is -2.39. The van der Waals surface area contributed by atoms with E-state index in [1.54, 1.807) is 29.2 Å². The molecular weight excluding hydrogens is 436 g/mol. The van der Waals surface area contributed by atoms with Gasteiger partial charge in [-0.2, -0.15) is 4.31 Å². The lowest BCUT2D eigenvalue weighted by molar-refractivity contribution is 0.0692. The summed E-state index contributed by atoms with van der Waals surface area (Å²) in [5.74, 6) is -0.0750. The van der Waals surface area contributed by atoms with Crippen LogP contribution in [-0.2, 0) is 23.0 Å². The average Bonchev–Trinajstić information content (AvgIpc) is 3.22. The Kier molecular flexibility index (Phi) is 5.26. The van der Waals surface area contributed by atoms with E-state index >= 15 is 0 Å². The van der Waals surface area contributed by atoms with Crippen LogP contribution in [0.25, 0.3) is 10.8 Å². The van der Waals surface area contributed by atoms with E-state index in [1.807, 2.05) is 18.2 Å². The number of aromatic amines is 1. The zero-order valence-electron chi connectivity index (χ0n) is 16.9. The Labute approximate surface area is 186 Å². The highest BCUT2D eigenvalue weighted by atomic mass is 35.5. The first kappa shape index (κ1) is 20.5. The number of amides is 1. The second-order valence-corrected chi connectivity index (χ2v) is 10.3. The van der Waals surface area contributed by atoms with Crippen molar-refractivity contribution in [1.29, 1.82) is 0 Å². The van der Waals surface area contributed by atoms with E-state index in [2.05, 4.69) is 10.3 Å². The topological polar surface area (TPSA) is 85.5 Å². The lowest BCUT2D eigenvalue weighted by atomic mass is 10.1. The normalized spacial score (nSPS) is 17.6. The monoisotopic (exact) mass is 458 g/mol. The minimum atomic E-state index is -3.63. The third kappa shape index (κ3) is 3.85. The summed E-state index contributed by atoms with van der Waals surface area (Å²) < 4.78 is 27.8. The van der Waals surface area contributed by atoms with Gasteiger partial charge >= 0.3 is 0 Å². The number of hydrogen-bond donors (Lipinski definition) is 2. The molecule has 0 saturated carbocycles. The van der Waals surface area contributed by atoms with Gasteiger partial charge in [-0.3, -0.25) is 4.79 Å². The molecule has 0 spiro atoms. The van der Waals surface area contributed by atoms with Crippen LogP contribution in [0.5, 0.6) is 0 Å². The van der Waals surface area contributed by atoms with E-state index < -0.39 is 10.0 Å². The van der Waals surface area contributed by atoms with Crippen LogP contribution in [0.1, 0.15) is 21.7 Å². The number of sulfonamides is 1. The molecule has 0 bridgehead atoms. The van der Waals surface area contributed by atoms with Gasteiger partial charge in [0, 0.05) is 56.4 Å². The van der Waals surface area contributed by atoms with Gasteiger partial charge in [0.05, 0.1) is 4.90 Å². The Balaban J connectivity index is 1.30. The Bertz CT molecular complexity index is 1240. The SMILES string of the molecule is O=C(c1cc2c([nH]1)CCNC2)N1CCN(S(=O)(=O)c2ccc3cc(Cl)ccc3c2)CC1. The van der Waals surface area contributed by atoms with Crippen molar-refractivity contribution in [2.24, 2.45) is 0 Å². The maximum Gasteiger partial charge on any atom is 0.270 e. The summed E-state index contributed by atoms with van der Waals surface area (Å²) in [6, 6.07) is 12.4. The molecule has 162 valence electrons. The van der Waals surface area contributed by atoms with E-state index in [4.69, 9.17) is 11.6 Å². The summed E-state index contributed by atoms with van der Waals surface area (Å²) in [7, 11) is -3.63. The van der Waals surface area contributed by atoms with Crippen LogP contribution < -0.4 is 5.32 Å². The molecule has 3 aromatic rings. The second kappa shape index (κ2) is 7.94. The molecule has 7 nitrogen and oxygen atoms in total. The molecule has 9 heteroatoms. The van der Waals surface area contributed by atoms with E-state index in [-0.39, 0.29) is 23.9 Å². The van der Waals surface area contributed by atoms with Crippen molar-refractivity contribution in [3.05, 3.63) is 64.4 Å². The van der Waals surface area contributed by atoms with Gasteiger partial charge in [0.25, 0.3) is 5.91 Å². The van der Waals surface area contributed by atoms with Gasteiger partial charge in [0.2, 0.25) is 10.0 Å². The maximum absolute atomic E-state index is 13.2. The third-order valence-electron chi connectivity index (χ3n) is 6.03. The molecule has 1 aromatic heterocycles. The van der Waals surface area contributed by atoms with Crippen molar-refractivity contribution in [3.8, 4) is 0 Å². The molecule has 1 amide bonds. The molecule has 3 heterocycles. The van der Waals surface area contributed by atoms with Gasteiger partial charge in [-0.15, -0.1) is 0 Å². The van der Waals surface area contributed by atoms with E-state index in [1.165, 1.54) is 4.31 Å². The number of benzene rings is 2. The summed E-state index contributed by atoms with van der Waals surface area (Å²) >= 11 is 6.02. The number of carbonyl (C=O) groups excluding carboxylic acids is 1. The van der Waals surface area contributed by atoms with Crippen molar-refractivity contribution < 1.29 is 13.2 Å². The van der Waals surface area contributed by atoms with Gasteiger partial charge < -0.3 is 15.2 Å². The molecule has 1 saturated heterocycles. The minimum Gasteiger partial charge on any atom is -0.354 e. The maximum atomic E-state index is 13.2. The molecule has 0 atom stereocenters. The van der Waals surface area contributed by atoms with E-state index in [0.29, 0.717) is 23.8 Å². The third-order valence-corrected chi connectivity index (χ3v) is 8.16. The summed E-state index contributed by atoms with van der Waals surface area (Å²) in [4.78, 5) is 18.1. The highest BCUT2D eigenvalue weighted by molar-refractivity contribution is 7.89. The van der Waals surface area contributed by atoms with Crippen molar-refractivity contribution in [1.82, 2.24) is 19.5 Å². The van der Waals surface area contributed by atoms with Crippen molar-refractivity contribution >= 4 is 38.3 Å². The number of carbonyl (C=O) groups is 1. The van der Waals surface area contributed by atoms with Crippen LogP contribution in [0, 0.1) is 0 Å². The van der Waals surface area contributed by atoms with Crippen LogP contribution in [-0.4, -0.2) is 61.2 Å². The van der Waals surface area contributed by atoms with Crippen LogP contribution >= 0.6 is 11.6 Å². The molecule has 31 heavy (non-hydrogen) atoms. The molecule has 2 aliphatic rings. The van der Waals surface area contributed by atoms with Gasteiger partial charge in [-0.25, -0.2) is 8.42 Å². The largest absolute Gasteiger partial charge is 0.354 e. The molecule has 2 N–H and O–H groups in total. The van der Waals surface area contributed by atoms with Crippen LogP contribution in [0.3, 0.4) is 0 Å². The average molecular weight is 459 g/mol. The fourth-order valence-corrected chi connectivity index (χ4v) is 5.92. The van der Waals surface area contributed by atoms with Crippen LogP contribution in [0.15, 0.2) is 47.4 Å². The summed E-state index contributed by atoms with van der Waals surface area (Å²) in [5, 5.41) is 5.63. The van der Waals surface area contributed by atoms with Crippen LogP contribution in [0.2, 0.25) is 5.02 Å². The molecule has 0 radical (unpaired) electrons. The number of hydrogen-bond acceptors (Lipinski definition) is 4. The van der Waals surface area contributed by atoms with Gasteiger partial charge in [-0.05, 0) is 46.7 Å². The van der Waals surface area contributed by atoms with Crippen LogP contribution in [0.4, 0.5) is 0 Å². The highest BCUT2D eigenvalue weighted by Crippen LogP contribution is 2.25. The second-order valence-electron chi connectivity index (χ2n) is 7.96. The van der Waals surface area contributed by atoms with E-state index in [0.717, 1.165) is 41.5 Å². The molecule has 2 aromatic carbocycles. The molecule has 5 rings (SSSR count). The quantitative estimate of drug-likeness (QED) is 0.631. The Morgan fingerprint density at radius 3 is 2.48 bits per heavy atom. The lowest BCUT2D eigenvalue weighted by Gasteiger charge is -2.33. The van der Waals surface area contributed by atoms with E-state index in [9.17, 15) is 13.2 Å².